The first-order chi connectivity index (χ1) is 15.4. The van der Waals surface area contributed by atoms with E-state index in [1.54, 1.807) is 11.6 Å². The minimum Gasteiger partial charge on any atom is -0.352 e. The molecule has 7 nitrogen and oxygen atoms in total. The topological polar surface area (TPSA) is 81.8 Å². The molecule has 1 amide bonds. The van der Waals surface area contributed by atoms with E-state index in [9.17, 15) is 9.59 Å². The minimum absolute atomic E-state index is 0.00852. The molecule has 0 radical (unpaired) electrons. The Morgan fingerprint density at radius 2 is 1.66 bits per heavy atom. The van der Waals surface area contributed by atoms with Gasteiger partial charge in [0.15, 0.2) is 0 Å². The predicted octanol–water partition coefficient (Wildman–Crippen LogP) is 3.34. The Hall–Kier alpha value is -3.74. The fourth-order valence-corrected chi connectivity index (χ4v) is 3.90. The predicted molar refractivity (Wildman–Crippen MR) is 125 cm³/mol. The summed E-state index contributed by atoms with van der Waals surface area (Å²) >= 11 is 0. The fourth-order valence-electron chi connectivity index (χ4n) is 3.90. The van der Waals surface area contributed by atoms with Crippen molar-refractivity contribution < 1.29 is 4.79 Å². The molecule has 164 valence electrons. The summed E-state index contributed by atoms with van der Waals surface area (Å²) in [7, 11) is 0. The lowest BCUT2D eigenvalue weighted by atomic mass is 10.1. The van der Waals surface area contributed by atoms with E-state index >= 15 is 0 Å². The van der Waals surface area contributed by atoms with Gasteiger partial charge >= 0.3 is 0 Å². The number of carbonyl (C=O) groups excluding carboxylic acids is 1. The molecule has 0 fully saturated rings. The molecule has 0 saturated heterocycles. The van der Waals surface area contributed by atoms with Crippen molar-refractivity contribution in [2.45, 2.75) is 46.2 Å². The van der Waals surface area contributed by atoms with Crippen LogP contribution in [0.4, 0.5) is 0 Å². The average molecular weight is 430 g/mol. The summed E-state index contributed by atoms with van der Waals surface area (Å²) in [6.45, 7) is 5.51. The quantitative estimate of drug-likeness (QED) is 0.489. The van der Waals surface area contributed by atoms with Gasteiger partial charge in [0.2, 0.25) is 5.91 Å². The van der Waals surface area contributed by atoms with Gasteiger partial charge in [0.05, 0.1) is 22.5 Å². The van der Waals surface area contributed by atoms with Gasteiger partial charge in [-0.15, -0.1) is 0 Å². The smallest absolute Gasteiger partial charge is 0.278 e. The highest BCUT2D eigenvalue weighted by Crippen LogP contribution is 2.19. The molecule has 2 aromatic carbocycles. The number of fused-ring (bicyclic) bond motifs is 1. The van der Waals surface area contributed by atoms with Crippen LogP contribution in [-0.2, 0) is 17.8 Å². The molecule has 1 atom stereocenters. The van der Waals surface area contributed by atoms with Crippen molar-refractivity contribution in [1.29, 1.82) is 0 Å². The molecular formula is C25H27N5O2. The van der Waals surface area contributed by atoms with Gasteiger partial charge in [0.25, 0.3) is 5.56 Å². The van der Waals surface area contributed by atoms with Crippen molar-refractivity contribution in [1.82, 2.24) is 24.9 Å². The number of carbonyl (C=O) groups is 1. The Balaban J connectivity index is 1.52. The number of nitrogens with zero attached hydrogens (tertiary/aromatic N) is 4. The molecule has 0 bridgehead atoms. The highest BCUT2D eigenvalue weighted by Gasteiger charge is 2.19. The van der Waals surface area contributed by atoms with Crippen molar-refractivity contribution in [2.24, 2.45) is 0 Å². The van der Waals surface area contributed by atoms with Crippen LogP contribution in [0.2, 0.25) is 0 Å². The summed E-state index contributed by atoms with van der Waals surface area (Å²) in [5.74, 6) is -0.230. The number of hydrogen-bond donors (Lipinski definition) is 1. The Kier molecular flexibility index (Phi) is 6.16. The molecular weight excluding hydrogens is 402 g/mol. The lowest BCUT2D eigenvalue weighted by Crippen LogP contribution is -2.38. The van der Waals surface area contributed by atoms with Gasteiger partial charge in [-0.05, 0) is 51.3 Å². The van der Waals surface area contributed by atoms with Crippen LogP contribution >= 0.6 is 0 Å². The van der Waals surface area contributed by atoms with Crippen molar-refractivity contribution >= 4 is 16.8 Å². The molecule has 0 saturated carbocycles. The zero-order chi connectivity index (χ0) is 22.7. The van der Waals surface area contributed by atoms with Crippen molar-refractivity contribution in [3.8, 4) is 5.69 Å². The zero-order valence-corrected chi connectivity index (χ0v) is 18.6. The molecule has 0 aliphatic carbocycles. The number of rotatable bonds is 7. The molecule has 4 rings (SSSR count). The van der Waals surface area contributed by atoms with Gasteiger partial charge in [-0.1, -0.05) is 48.5 Å². The van der Waals surface area contributed by atoms with E-state index in [1.807, 2.05) is 62.4 Å². The van der Waals surface area contributed by atoms with Gasteiger partial charge in [0, 0.05) is 6.04 Å². The molecule has 7 heteroatoms. The molecule has 0 aliphatic rings. The molecule has 0 unspecified atom stereocenters. The van der Waals surface area contributed by atoms with E-state index < -0.39 is 0 Å². The second-order valence-corrected chi connectivity index (χ2v) is 8.10. The third-order valence-corrected chi connectivity index (χ3v) is 5.59. The molecule has 0 aliphatic heterocycles. The van der Waals surface area contributed by atoms with E-state index in [-0.39, 0.29) is 24.1 Å². The third-order valence-electron chi connectivity index (χ3n) is 5.59. The summed E-state index contributed by atoms with van der Waals surface area (Å²) in [4.78, 5) is 25.8. The Morgan fingerprint density at radius 3 is 2.34 bits per heavy atom. The van der Waals surface area contributed by atoms with Crippen LogP contribution in [0.5, 0.6) is 0 Å². The van der Waals surface area contributed by atoms with Gasteiger partial charge in [-0.25, -0.2) is 9.36 Å². The summed E-state index contributed by atoms with van der Waals surface area (Å²) in [6.07, 6.45) is 1.70. The van der Waals surface area contributed by atoms with Crippen LogP contribution in [0.1, 0.15) is 30.3 Å². The number of hydrogen-bond acceptors (Lipinski definition) is 4. The number of nitrogens with one attached hydrogen (secondary N) is 1. The van der Waals surface area contributed by atoms with E-state index in [1.165, 1.54) is 10.2 Å². The van der Waals surface area contributed by atoms with Crippen LogP contribution < -0.4 is 10.9 Å². The van der Waals surface area contributed by atoms with Crippen molar-refractivity contribution in [3.05, 3.63) is 88.0 Å². The van der Waals surface area contributed by atoms with Crippen LogP contribution in [0.3, 0.4) is 0 Å². The first-order valence-electron chi connectivity index (χ1n) is 10.8. The third kappa shape index (κ3) is 4.46. The van der Waals surface area contributed by atoms with E-state index in [2.05, 4.69) is 27.6 Å². The van der Waals surface area contributed by atoms with Gasteiger partial charge < -0.3 is 5.32 Å². The largest absolute Gasteiger partial charge is 0.352 e. The van der Waals surface area contributed by atoms with Crippen LogP contribution in [-0.4, -0.2) is 31.5 Å². The Morgan fingerprint density at radius 1 is 1.00 bits per heavy atom. The van der Waals surface area contributed by atoms with E-state index in [0.29, 0.717) is 16.6 Å². The minimum atomic E-state index is -0.308. The molecule has 4 aromatic rings. The molecule has 0 spiro atoms. The molecule has 1 N–H and O–H groups in total. The van der Waals surface area contributed by atoms with Gasteiger partial charge in [-0.3, -0.25) is 9.59 Å². The van der Waals surface area contributed by atoms with E-state index in [0.717, 1.165) is 24.2 Å². The summed E-state index contributed by atoms with van der Waals surface area (Å²) < 4.78 is 2.98. The lowest BCUT2D eigenvalue weighted by molar-refractivity contribution is -0.122. The van der Waals surface area contributed by atoms with Crippen molar-refractivity contribution in [2.75, 3.05) is 0 Å². The zero-order valence-electron chi connectivity index (χ0n) is 18.6. The van der Waals surface area contributed by atoms with Crippen LogP contribution in [0.15, 0.2) is 65.5 Å². The van der Waals surface area contributed by atoms with Crippen LogP contribution in [0, 0.1) is 13.8 Å². The molecule has 2 aromatic heterocycles. The van der Waals surface area contributed by atoms with Gasteiger partial charge in [-0.2, -0.15) is 10.2 Å². The Bertz CT molecular complexity index is 1290. The second-order valence-electron chi connectivity index (χ2n) is 8.10. The number of aryl methyl sites for hydroxylation is 3. The van der Waals surface area contributed by atoms with Crippen LogP contribution in [0.25, 0.3) is 16.6 Å². The number of benzene rings is 2. The standard InChI is InChI=1S/C25H27N5O2/c1-17(14-15-20-10-6-4-7-11-20)26-22(31)16-29-25(32)23-19(3)30(21-12-8-5-9-13-21)28-24(23)18(2)27-29/h4-13,17H,14-16H2,1-3H3,(H,26,31)/t17-/m0/s1. The summed E-state index contributed by atoms with van der Waals surface area (Å²) in [6, 6.07) is 19.8. The molecule has 2 heterocycles. The maximum absolute atomic E-state index is 13.1. The maximum Gasteiger partial charge on any atom is 0.278 e. The Labute approximate surface area is 186 Å². The van der Waals surface area contributed by atoms with E-state index in [4.69, 9.17) is 0 Å². The van der Waals surface area contributed by atoms with Gasteiger partial charge in [0.1, 0.15) is 12.1 Å². The first kappa shape index (κ1) is 21.5. The first-order valence-corrected chi connectivity index (χ1v) is 10.8. The highest BCUT2D eigenvalue weighted by atomic mass is 16.2. The second kappa shape index (κ2) is 9.18. The summed E-state index contributed by atoms with van der Waals surface area (Å²) in [5.41, 5.74) is 3.70. The van der Waals surface area contributed by atoms with Crippen molar-refractivity contribution in [3.63, 3.8) is 0 Å². The maximum atomic E-state index is 13.1. The average Bonchev–Trinajstić information content (AvgIpc) is 3.15. The lowest BCUT2D eigenvalue weighted by Gasteiger charge is -2.14. The monoisotopic (exact) mass is 429 g/mol. The SMILES string of the molecule is Cc1nn(CC(=O)N[C@@H](C)CCc2ccccc2)c(=O)c2c(C)n(-c3ccccc3)nc12. The number of para-hydroxylation sites is 1. The normalized spacial score (nSPS) is 12.1. The highest BCUT2D eigenvalue weighted by molar-refractivity contribution is 5.83. The number of aromatic nitrogens is 4. The summed E-state index contributed by atoms with van der Waals surface area (Å²) in [5, 5.41) is 12.4. The molecule has 32 heavy (non-hydrogen) atoms. The number of amides is 1. The fraction of sp³-hybridized carbons (Fsp3) is 0.280.